The van der Waals surface area contributed by atoms with Crippen LogP contribution in [-0.2, 0) is 47.0 Å². The van der Waals surface area contributed by atoms with Gasteiger partial charge in [0.25, 0.3) is 10.1 Å². The van der Waals surface area contributed by atoms with Crippen LogP contribution in [0.4, 0.5) is 22.7 Å². The fraction of sp³-hybridized carbons (Fsp3) is 0.366. The van der Waals surface area contributed by atoms with Crippen LogP contribution in [0.1, 0.15) is 80.7 Å². The van der Waals surface area contributed by atoms with Gasteiger partial charge in [-0.1, -0.05) is 130 Å². The molecule has 5 rings (SSSR count). The minimum atomic E-state index is -4.16. The van der Waals surface area contributed by atoms with Gasteiger partial charge in [0, 0.05) is 57.4 Å². The Balaban J connectivity index is 0. The molecule has 11 heteroatoms. The zero-order valence-electron chi connectivity index (χ0n) is 33.2. The first-order chi connectivity index (χ1) is 24.6. The number of phenols is 1. The van der Waals surface area contributed by atoms with Gasteiger partial charge in [-0.2, -0.15) is 19.6 Å². The van der Waals surface area contributed by atoms with Gasteiger partial charge in [0.2, 0.25) is 0 Å². The minimum absolute atomic E-state index is 0. The summed E-state index contributed by atoms with van der Waals surface area (Å²) in [4.78, 5) is -0.284. The number of hydrogen-bond donors (Lipinski definition) is 2. The van der Waals surface area contributed by atoms with Crippen molar-refractivity contribution >= 4 is 54.4 Å². The summed E-state index contributed by atoms with van der Waals surface area (Å²) in [6.07, 6.45) is 2.50. The molecule has 0 spiro atoms. The SMILES string of the molecule is CC.CC.CCC.CCC.CCNc1ccc2cc(S(=O)(=O)OC)c(N=Nc3[c-]cc(N=NC)c(C)c3)c(O)c2c1.[Y].c1ccc2ccccc2c1. The second kappa shape index (κ2) is 29.0. The summed E-state index contributed by atoms with van der Waals surface area (Å²) in [5.41, 5.74) is 2.33. The maximum absolute atomic E-state index is 12.5. The summed E-state index contributed by atoms with van der Waals surface area (Å²) in [5.74, 6) is -0.315. The van der Waals surface area contributed by atoms with E-state index in [0.717, 1.165) is 18.4 Å². The van der Waals surface area contributed by atoms with E-state index >= 15 is 0 Å². The minimum Gasteiger partial charge on any atom is -0.505 e. The number of aryl methyl sites for hydroxylation is 1. The summed E-state index contributed by atoms with van der Waals surface area (Å²) in [6.45, 7) is 21.0. The number of fused-ring (bicyclic) bond motifs is 2. The number of nitrogens with zero attached hydrogens (tertiary/aromatic N) is 4. The van der Waals surface area contributed by atoms with Crippen molar-refractivity contribution in [3.63, 3.8) is 0 Å². The molecule has 0 saturated carbocycles. The number of hydrogen-bond acceptors (Lipinski definition) is 9. The first-order valence-corrected chi connectivity index (χ1v) is 19.0. The molecule has 0 heterocycles. The fourth-order valence-corrected chi connectivity index (χ4v) is 4.94. The Morgan fingerprint density at radius 2 is 1.29 bits per heavy atom. The molecule has 9 nitrogen and oxygen atoms in total. The molecule has 0 unspecified atom stereocenters. The molecular weight excluding hydrogens is 747 g/mol. The maximum atomic E-state index is 12.5. The van der Waals surface area contributed by atoms with Crippen LogP contribution in [0.2, 0.25) is 0 Å². The van der Waals surface area contributed by atoms with E-state index < -0.39 is 10.1 Å². The monoisotopic (exact) mass is 805 g/mol. The number of azo groups is 2. The predicted molar refractivity (Wildman–Crippen MR) is 217 cm³/mol. The molecule has 0 aliphatic heterocycles. The average Bonchev–Trinajstić information content (AvgIpc) is 3.15. The van der Waals surface area contributed by atoms with Crippen LogP contribution in [-0.4, -0.2) is 34.2 Å². The first-order valence-electron chi connectivity index (χ1n) is 17.6. The molecule has 0 aliphatic rings. The fourth-order valence-electron chi connectivity index (χ4n) is 4.12. The van der Waals surface area contributed by atoms with Crippen molar-refractivity contribution in [2.75, 3.05) is 26.0 Å². The van der Waals surface area contributed by atoms with Crippen molar-refractivity contribution in [1.82, 2.24) is 0 Å². The Labute approximate surface area is 338 Å². The third-order valence-corrected chi connectivity index (χ3v) is 7.45. The molecule has 2 N–H and O–H groups in total. The Morgan fingerprint density at radius 1 is 0.769 bits per heavy atom. The maximum Gasteiger partial charge on any atom is 0.299 e. The molecule has 281 valence electrons. The number of anilines is 1. The average molecular weight is 806 g/mol. The third kappa shape index (κ3) is 16.4. The van der Waals surface area contributed by atoms with Crippen molar-refractivity contribution < 1.29 is 50.4 Å². The number of aromatic hydroxyl groups is 1. The normalized spacial score (nSPS) is 10.2. The number of phenolic OH excluding ortho intramolecular Hbond substituents is 1. The van der Waals surface area contributed by atoms with Gasteiger partial charge in [-0.25, -0.2) is 10.2 Å². The zero-order chi connectivity index (χ0) is 38.8. The molecule has 0 saturated heterocycles. The van der Waals surface area contributed by atoms with E-state index in [1.807, 2.05) is 41.5 Å². The van der Waals surface area contributed by atoms with Crippen LogP contribution < -0.4 is 5.32 Å². The molecular formula is C41H58N5O4SY-. The molecule has 5 aromatic rings. The van der Waals surface area contributed by atoms with Gasteiger partial charge in [-0.3, -0.25) is 4.18 Å². The zero-order valence-corrected chi connectivity index (χ0v) is 36.8. The first kappa shape index (κ1) is 50.5. The molecule has 0 aromatic heterocycles. The summed E-state index contributed by atoms with van der Waals surface area (Å²) in [6, 6.07) is 29.5. The van der Waals surface area contributed by atoms with Crippen molar-refractivity contribution in [2.45, 2.75) is 87.0 Å². The van der Waals surface area contributed by atoms with E-state index in [-0.39, 0.29) is 49.0 Å². The molecule has 5 aromatic carbocycles. The van der Waals surface area contributed by atoms with Crippen LogP contribution in [0.25, 0.3) is 21.5 Å². The van der Waals surface area contributed by atoms with E-state index in [4.69, 9.17) is 0 Å². The standard InChI is InChI=1S/C21H22N5O4S.C10H8.2C3H8.2C2H6.Y/c1-5-23-15-7-6-14-11-19(31(28,29)30-4)20(21(27)17(14)12-15)26-24-16-8-9-18(25-22-3)13(2)10-16;1-2-6-10-8-4-3-7-9(10)5-1;2*1-3-2;2*1-2;/h6-7,9-12,23,27H,5H2,1-4H3;1-8H;2*3H2,1-2H3;2*1-2H3;/q-1;;;;;;. The molecule has 0 amide bonds. The van der Waals surface area contributed by atoms with Crippen LogP contribution in [0.15, 0.2) is 110 Å². The van der Waals surface area contributed by atoms with Gasteiger partial charge >= 0.3 is 0 Å². The van der Waals surface area contributed by atoms with Crippen molar-refractivity contribution in [1.29, 1.82) is 0 Å². The van der Waals surface area contributed by atoms with Crippen molar-refractivity contribution in [3.8, 4) is 5.75 Å². The predicted octanol–water partition coefficient (Wildman–Crippen LogP) is 13.3. The second-order valence-corrected chi connectivity index (χ2v) is 12.0. The smallest absolute Gasteiger partial charge is 0.299 e. The molecule has 0 bridgehead atoms. The largest absolute Gasteiger partial charge is 0.505 e. The van der Waals surface area contributed by atoms with Crippen molar-refractivity contribution in [3.05, 3.63) is 96.6 Å². The van der Waals surface area contributed by atoms with Crippen LogP contribution in [0, 0.1) is 13.0 Å². The van der Waals surface area contributed by atoms with E-state index in [9.17, 15) is 13.5 Å². The summed E-state index contributed by atoms with van der Waals surface area (Å²) < 4.78 is 29.6. The Morgan fingerprint density at radius 3 is 1.73 bits per heavy atom. The molecule has 1 radical (unpaired) electrons. The van der Waals surface area contributed by atoms with Gasteiger partial charge in [-0.15, -0.1) is 22.8 Å². The van der Waals surface area contributed by atoms with Crippen LogP contribution in [0.5, 0.6) is 5.75 Å². The van der Waals surface area contributed by atoms with Crippen molar-refractivity contribution in [2.24, 2.45) is 20.5 Å². The van der Waals surface area contributed by atoms with Gasteiger partial charge in [0.15, 0.2) is 5.75 Å². The van der Waals surface area contributed by atoms with Crippen LogP contribution in [0.3, 0.4) is 0 Å². The number of rotatable bonds is 7. The van der Waals surface area contributed by atoms with Gasteiger partial charge in [0.1, 0.15) is 10.6 Å². The second-order valence-electron chi connectivity index (χ2n) is 10.3. The number of benzene rings is 5. The third-order valence-electron chi connectivity index (χ3n) is 6.16. The quantitative estimate of drug-likeness (QED) is 0.0962. The van der Waals surface area contributed by atoms with E-state index in [0.29, 0.717) is 28.7 Å². The summed E-state index contributed by atoms with van der Waals surface area (Å²) in [7, 11) is -1.55. The Bertz CT molecular complexity index is 1830. The number of nitrogens with one attached hydrogen (secondary N) is 1. The molecule has 0 fully saturated rings. The molecule has 0 atom stereocenters. The Kier molecular flexibility index (Phi) is 28.1. The van der Waals surface area contributed by atoms with Gasteiger partial charge in [-0.05, 0) is 52.7 Å². The summed E-state index contributed by atoms with van der Waals surface area (Å²) >= 11 is 0. The van der Waals surface area contributed by atoms with E-state index in [1.165, 1.54) is 29.7 Å². The Hall–Kier alpha value is -3.57. The van der Waals surface area contributed by atoms with Gasteiger partial charge in [0.05, 0.1) is 7.11 Å². The molecule has 52 heavy (non-hydrogen) atoms. The summed E-state index contributed by atoms with van der Waals surface area (Å²) in [5, 5.41) is 33.4. The van der Waals surface area contributed by atoms with Crippen LogP contribution >= 0.6 is 0 Å². The topological polar surface area (TPSA) is 125 Å². The van der Waals surface area contributed by atoms with Gasteiger partial charge < -0.3 is 10.4 Å². The molecule has 0 aliphatic carbocycles. The van der Waals surface area contributed by atoms with E-state index in [2.05, 4.69) is 112 Å². The van der Waals surface area contributed by atoms with E-state index in [1.54, 1.807) is 37.4 Å².